The van der Waals surface area contributed by atoms with E-state index in [0.717, 1.165) is 44.5 Å². The van der Waals surface area contributed by atoms with Gasteiger partial charge in [-0.3, -0.25) is 23.7 Å². The van der Waals surface area contributed by atoms with Gasteiger partial charge in [0.15, 0.2) is 0 Å². The second-order valence-electron chi connectivity index (χ2n) is 24.6. The van der Waals surface area contributed by atoms with Crippen LogP contribution in [0.25, 0.3) is 22.3 Å². The smallest absolute Gasteiger partial charge is 0.366 e. The zero-order valence-electron chi connectivity index (χ0n) is 55.1. The Labute approximate surface area is 651 Å². The molecule has 0 saturated heterocycles. The van der Waals surface area contributed by atoms with Crippen LogP contribution >= 0.6 is 31.7 Å². The fraction of sp³-hybridized carbons (Fsp3) is 0.111. The van der Waals surface area contributed by atoms with Gasteiger partial charge < -0.3 is 25.7 Å². The van der Waals surface area contributed by atoms with E-state index in [1.807, 2.05) is 48.5 Å². The van der Waals surface area contributed by atoms with E-state index in [0.29, 0.717) is 0 Å². The van der Waals surface area contributed by atoms with Gasteiger partial charge >= 0.3 is 89.5 Å². The summed E-state index contributed by atoms with van der Waals surface area (Å²) in [5, 5.41) is 12.1. The Bertz CT molecular complexity index is 3900. The van der Waals surface area contributed by atoms with E-state index in [2.05, 4.69) is 318 Å². The summed E-state index contributed by atoms with van der Waals surface area (Å²) in [6.07, 6.45) is 34.1. The molecule has 14 rings (SSSR count). The Morgan fingerprint density at radius 2 is 0.367 bits per heavy atom. The Hall–Kier alpha value is -6.44. The molecular formula is C90H76Au4P4+4. The molecule has 0 aromatic heterocycles. The van der Waals surface area contributed by atoms with Crippen LogP contribution in [0.2, 0.25) is 0 Å². The standard InChI is InChI=1S/2C26H24P2.2C19H12.4Au/c2*1-5-13-23(14-6-1)27(24-15-7-2-8-16-24)21-22-28(25-17-9-3-10-18-25)26-19-11-4-12-20-26;2*1-5-13-7-9-17-15(11-13)16-12-14(6-2)8-10-18(16)19(17,3)4;;;;/h2*1-20H,21-22H2;2*7-12H,3-4H3;;;;/q;;2*-2;4*+1/p+4. The molecule has 0 spiro atoms. The largest absolute Gasteiger partial charge is 1.00 e. The fourth-order valence-electron chi connectivity index (χ4n) is 13.3. The van der Waals surface area contributed by atoms with Gasteiger partial charge in [-0.1, -0.05) is 198 Å². The first-order valence-corrected chi connectivity index (χ1v) is 39.0. The van der Waals surface area contributed by atoms with Crippen LogP contribution in [0.4, 0.5) is 0 Å². The molecule has 0 saturated carbocycles. The van der Waals surface area contributed by atoms with Crippen LogP contribution in [0.1, 0.15) is 72.2 Å². The number of rotatable bonds is 14. The van der Waals surface area contributed by atoms with Gasteiger partial charge in [0.2, 0.25) is 0 Å². The minimum Gasteiger partial charge on any atom is -0.366 e. The van der Waals surface area contributed by atoms with Gasteiger partial charge in [0.25, 0.3) is 0 Å². The van der Waals surface area contributed by atoms with Gasteiger partial charge in [-0.25, -0.2) is 0 Å². The van der Waals surface area contributed by atoms with Crippen molar-refractivity contribution in [1.82, 2.24) is 0 Å². The number of hydrogen-bond donors (Lipinski definition) is 0. The van der Waals surface area contributed by atoms with E-state index in [1.54, 1.807) is 0 Å². The molecule has 0 nitrogen and oxygen atoms in total. The van der Waals surface area contributed by atoms with Crippen molar-refractivity contribution in [1.29, 1.82) is 0 Å². The third-order valence-corrected chi connectivity index (χ3v) is 30.4. The maximum Gasteiger partial charge on any atom is 1.00 e. The van der Waals surface area contributed by atoms with E-state index in [1.165, 1.54) is 89.3 Å². The van der Waals surface area contributed by atoms with Crippen molar-refractivity contribution in [3.8, 4) is 45.9 Å². The van der Waals surface area contributed by atoms with Gasteiger partial charge in [-0.2, -0.15) is 0 Å². The summed E-state index contributed by atoms with van der Waals surface area (Å²) >= 11 is 0. The number of hydrogen-bond acceptors (Lipinski definition) is 0. The molecule has 2 aliphatic rings. The summed E-state index contributed by atoms with van der Waals surface area (Å²) in [5.74, 6) is 9.76. The van der Waals surface area contributed by atoms with Gasteiger partial charge in [0, 0.05) is 10.8 Å². The summed E-state index contributed by atoms with van der Waals surface area (Å²) in [7, 11) is -3.13. The van der Waals surface area contributed by atoms with Crippen molar-refractivity contribution in [3.63, 3.8) is 0 Å². The Kier molecular flexibility index (Phi) is 30.9. The molecule has 0 aliphatic heterocycles. The quantitative estimate of drug-likeness (QED) is 0.0441. The summed E-state index contributed by atoms with van der Waals surface area (Å²) in [4.78, 5) is 0. The van der Waals surface area contributed by atoms with E-state index < -0.39 is 31.7 Å². The minimum absolute atomic E-state index is 0. The summed E-state index contributed by atoms with van der Waals surface area (Å²) in [5.41, 5.74) is 12.7. The second-order valence-corrected chi connectivity index (χ2v) is 35.1. The summed E-state index contributed by atoms with van der Waals surface area (Å²) in [6, 6.07) is 113. The molecule has 12 aromatic rings. The summed E-state index contributed by atoms with van der Waals surface area (Å²) in [6.45, 7) is 8.83. The van der Waals surface area contributed by atoms with Crippen molar-refractivity contribution >= 4 is 74.1 Å². The van der Waals surface area contributed by atoms with Gasteiger partial charge in [0.05, 0.1) is 74.1 Å². The van der Waals surface area contributed by atoms with Crippen LogP contribution in [-0.4, -0.2) is 24.6 Å². The predicted octanol–water partition coefficient (Wildman–Crippen LogP) is 17.2. The maximum absolute atomic E-state index is 7.28. The molecule has 0 amide bonds. The molecule has 0 fully saturated rings. The molecule has 496 valence electrons. The number of fused-ring (bicyclic) bond motifs is 6. The average molecular weight is 2070 g/mol. The van der Waals surface area contributed by atoms with Crippen LogP contribution in [0.3, 0.4) is 0 Å². The monoisotopic (exact) mass is 2070 g/mol. The van der Waals surface area contributed by atoms with E-state index in [9.17, 15) is 0 Å². The van der Waals surface area contributed by atoms with E-state index in [4.69, 9.17) is 25.7 Å². The first kappa shape index (κ1) is 78.9. The number of benzene rings is 12. The first-order chi connectivity index (χ1) is 46.0. The van der Waals surface area contributed by atoms with Gasteiger partial charge in [-0.05, 0) is 142 Å². The maximum atomic E-state index is 7.28. The third-order valence-electron chi connectivity index (χ3n) is 18.2. The molecule has 0 heterocycles. The predicted molar refractivity (Wildman–Crippen MR) is 414 cm³/mol. The van der Waals surface area contributed by atoms with Crippen LogP contribution in [0.15, 0.2) is 315 Å². The fourth-order valence-corrected chi connectivity index (χ4v) is 25.7. The second kappa shape index (κ2) is 38.4. The molecule has 98 heavy (non-hydrogen) atoms. The zero-order chi connectivity index (χ0) is 65.3. The van der Waals surface area contributed by atoms with Crippen molar-refractivity contribution in [2.75, 3.05) is 24.6 Å². The average Bonchev–Trinajstić information content (AvgIpc) is 1.59. The van der Waals surface area contributed by atoms with Crippen molar-refractivity contribution in [2.24, 2.45) is 0 Å². The third kappa shape index (κ3) is 19.1. The van der Waals surface area contributed by atoms with Crippen molar-refractivity contribution in [3.05, 3.63) is 386 Å². The van der Waals surface area contributed by atoms with E-state index in [-0.39, 0.29) is 100 Å². The van der Waals surface area contributed by atoms with Crippen molar-refractivity contribution in [2.45, 2.75) is 38.5 Å². The SMILES string of the molecule is [Au+].[Au+].[Au+].[Au+].[C-]#Cc1ccc2c(c1)-c1cc(C#[C-])ccc1C2(C)C.[C-]#Cc1ccc2c(c1)-c1cc(C#[C-])ccc1C2(C)C.c1ccc([PH+](CC[PH+](c2ccccc2)c2ccccc2)c2ccccc2)cc1.c1ccc([PH+](CC[PH+](c2ccccc2)c2ccccc2)c2ccccc2)cc1. The Balaban J connectivity index is 0.000000184. The van der Waals surface area contributed by atoms with E-state index >= 15 is 0 Å². The molecular weight excluding hydrogens is 1990 g/mol. The Morgan fingerprint density at radius 3 is 0.500 bits per heavy atom. The first-order valence-electron chi connectivity index (χ1n) is 32.2. The molecule has 0 N–H and O–H groups in total. The molecule has 2 aliphatic carbocycles. The zero-order valence-corrected chi connectivity index (χ0v) is 67.7. The molecule has 0 bridgehead atoms. The molecule has 12 aromatic carbocycles. The molecule has 0 atom stereocenters. The Morgan fingerprint density at radius 1 is 0.224 bits per heavy atom. The molecule has 0 unspecified atom stereocenters. The van der Waals surface area contributed by atoms with Gasteiger partial charge in [-0.15, -0.1) is 70.8 Å². The van der Waals surface area contributed by atoms with Gasteiger partial charge in [0.1, 0.15) is 24.6 Å². The van der Waals surface area contributed by atoms with Crippen LogP contribution in [0.5, 0.6) is 0 Å². The van der Waals surface area contributed by atoms with Crippen LogP contribution < -0.4 is 42.4 Å². The minimum atomic E-state index is -0.783. The van der Waals surface area contributed by atoms with Crippen LogP contribution in [-0.2, 0) is 100 Å². The normalized spacial score (nSPS) is 11.8. The summed E-state index contributed by atoms with van der Waals surface area (Å²) < 4.78 is 0. The molecule has 0 radical (unpaired) electrons. The van der Waals surface area contributed by atoms with Crippen LogP contribution in [0, 0.1) is 49.4 Å². The topological polar surface area (TPSA) is 0 Å². The van der Waals surface area contributed by atoms with Crippen molar-refractivity contribution < 1.29 is 89.5 Å². The molecule has 8 heteroatoms.